The lowest BCUT2D eigenvalue weighted by Gasteiger charge is -2.25. The first kappa shape index (κ1) is 20.8. The van der Waals surface area contributed by atoms with Gasteiger partial charge in [-0.15, -0.1) is 0 Å². The van der Waals surface area contributed by atoms with Gasteiger partial charge in [-0.1, -0.05) is 24.3 Å². The zero-order chi connectivity index (χ0) is 20.5. The number of amides is 1. The number of hydrogen-bond donors (Lipinski definition) is 0. The van der Waals surface area contributed by atoms with Crippen molar-refractivity contribution in [2.24, 2.45) is 0 Å². The molecule has 0 aliphatic carbocycles. The number of nitrogens with zero attached hydrogens (tertiary/aromatic N) is 1. The Balaban J connectivity index is 1.51. The Labute approximate surface area is 172 Å². The molecule has 3 rings (SSSR count). The van der Waals surface area contributed by atoms with Crippen LogP contribution in [0.25, 0.3) is 0 Å². The van der Waals surface area contributed by atoms with Crippen molar-refractivity contribution in [3.8, 4) is 23.0 Å². The predicted octanol–water partition coefficient (Wildman–Crippen LogP) is 4.06. The van der Waals surface area contributed by atoms with Gasteiger partial charge in [0.15, 0.2) is 23.0 Å². The Hall–Kier alpha value is -2.89. The number of benzene rings is 2. The summed E-state index contributed by atoms with van der Waals surface area (Å²) < 4.78 is 22.8. The molecule has 1 amide bonds. The monoisotopic (exact) mass is 399 g/mol. The van der Waals surface area contributed by atoms with E-state index in [1.165, 1.54) is 0 Å². The molecule has 2 aromatic rings. The summed E-state index contributed by atoms with van der Waals surface area (Å²) in [4.78, 5) is 14.5. The molecule has 0 aromatic heterocycles. The number of hydrogen-bond acceptors (Lipinski definition) is 5. The molecule has 1 aliphatic heterocycles. The van der Waals surface area contributed by atoms with Crippen molar-refractivity contribution in [1.29, 1.82) is 0 Å². The fraction of sp³-hybridized carbons (Fsp3) is 0.435. The summed E-state index contributed by atoms with van der Waals surface area (Å²) in [6.07, 6.45) is 1.07. The summed E-state index contributed by atoms with van der Waals surface area (Å²) in [6, 6.07) is 13.4. The molecule has 6 heteroatoms. The second-order valence-corrected chi connectivity index (χ2v) is 6.68. The molecule has 1 aliphatic rings. The Morgan fingerprint density at radius 3 is 2.52 bits per heavy atom. The van der Waals surface area contributed by atoms with E-state index in [2.05, 4.69) is 0 Å². The lowest BCUT2D eigenvalue weighted by Crippen LogP contribution is -2.31. The van der Waals surface area contributed by atoms with Gasteiger partial charge in [0, 0.05) is 25.1 Å². The zero-order valence-electron chi connectivity index (χ0n) is 17.2. The Bertz CT molecular complexity index is 808. The first-order chi connectivity index (χ1) is 14.2. The van der Waals surface area contributed by atoms with E-state index in [-0.39, 0.29) is 5.91 Å². The van der Waals surface area contributed by atoms with E-state index in [9.17, 15) is 4.79 Å². The summed E-state index contributed by atoms with van der Waals surface area (Å²) in [5, 5.41) is 0. The van der Waals surface area contributed by atoms with Gasteiger partial charge in [-0.05, 0) is 38.5 Å². The second-order valence-electron chi connectivity index (χ2n) is 6.68. The van der Waals surface area contributed by atoms with Crippen molar-refractivity contribution in [1.82, 2.24) is 4.90 Å². The minimum absolute atomic E-state index is 0.100. The average Bonchev–Trinajstić information content (AvgIpc) is 2.76. The van der Waals surface area contributed by atoms with Crippen LogP contribution in [-0.2, 0) is 11.3 Å². The summed E-state index contributed by atoms with van der Waals surface area (Å²) >= 11 is 0. The van der Waals surface area contributed by atoms with E-state index in [0.717, 1.165) is 22.8 Å². The Morgan fingerprint density at radius 2 is 1.76 bits per heavy atom. The molecule has 0 saturated heterocycles. The van der Waals surface area contributed by atoms with E-state index >= 15 is 0 Å². The van der Waals surface area contributed by atoms with E-state index in [1.54, 1.807) is 0 Å². The van der Waals surface area contributed by atoms with E-state index < -0.39 is 0 Å². The van der Waals surface area contributed by atoms with Crippen molar-refractivity contribution in [2.45, 2.75) is 33.2 Å². The van der Waals surface area contributed by atoms with Crippen molar-refractivity contribution in [3.05, 3.63) is 48.0 Å². The van der Waals surface area contributed by atoms with Gasteiger partial charge in [0.05, 0.1) is 13.2 Å². The fourth-order valence-electron chi connectivity index (χ4n) is 3.25. The van der Waals surface area contributed by atoms with Crippen LogP contribution in [0.5, 0.6) is 23.0 Å². The highest BCUT2D eigenvalue weighted by atomic mass is 16.6. The maximum atomic E-state index is 12.7. The molecule has 2 aromatic carbocycles. The maximum absolute atomic E-state index is 12.7. The van der Waals surface area contributed by atoms with Gasteiger partial charge in [-0.3, -0.25) is 4.79 Å². The molecule has 0 N–H and O–H groups in total. The van der Waals surface area contributed by atoms with Gasteiger partial charge in [0.1, 0.15) is 13.2 Å². The quantitative estimate of drug-likeness (QED) is 0.564. The first-order valence-electron chi connectivity index (χ1n) is 10.2. The third kappa shape index (κ3) is 5.56. The number of fused-ring (bicyclic) bond motifs is 1. The SMILES string of the molecule is CCOc1ccccc1OCCCC(=O)N(CC)Cc1cccc2c1OCCO2. The van der Waals surface area contributed by atoms with Crippen molar-refractivity contribution >= 4 is 5.91 Å². The van der Waals surface area contributed by atoms with Crippen molar-refractivity contribution < 1.29 is 23.7 Å². The normalized spacial score (nSPS) is 12.3. The predicted molar refractivity (Wildman–Crippen MR) is 111 cm³/mol. The molecule has 6 nitrogen and oxygen atoms in total. The van der Waals surface area contributed by atoms with Crippen LogP contribution < -0.4 is 18.9 Å². The van der Waals surface area contributed by atoms with Crippen LogP contribution in [0.2, 0.25) is 0 Å². The average molecular weight is 399 g/mol. The molecule has 29 heavy (non-hydrogen) atoms. The molecule has 0 atom stereocenters. The number of carbonyl (C=O) groups is 1. The highest BCUT2D eigenvalue weighted by Gasteiger charge is 2.19. The van der Waals surface area contributed by atoms with Gasteiger partial charge in [0.2, 0.25) is 5.91 Å². The highest BCUT2D eigenvalue weighted by Crippen LogP contribution is 2.34. The topological polar surface area (TPSA) is 57.2 Å². The van der Waals surface area contributed by atoms with Crippen LogP contribution in [0.1, 0.15) is 32.3 Å². The van der Waals surface area contributed by atoms with Crippen LogP contribution in [0, 0.1) is 0 Å². The molecule has 0 radical (unpaired) electrons. The van der Waals surface area contributed by atoms with E-state index in [4.69, 9.17) is 18.9 Å². The summed E-state index contributed by atoms with van der Waals surface area (Å²) in [6.45, 7) is 7.21. The highest BCUT2D eigenvalue weighted by molar-refractivity contribution is 5.76. The number of rotatable bonds is 10. The van der Waals surface area contributed by atoms with Gasteiger partial charge >= 0.3 is 0 Å². The summed E-state index contributed by atoms with van der Waals surface area (Å²) in [7, 11) is 0. The van der Waals surface area contributed by atoms with Gasteiger partial charge in [0.25, 0.3) is 0 Å². The molecule has 0 spiro atoms. The summed E-state index contributed by atoms with van der Waals surface area (Å²) in [5.41, 5.74) is 0.972. The van der Waals surface area contributed by atoms with Gasteiger partial charge in [-0.2, -0.15) is 0 Å². The molecule has 0 unspecified atom stereocenters. The molecule has 1 heterocycles. The Kier molecular flexibility index (Phi) is 7.61. The Morgan fingerprint density at radius 1 is 1.00 bits per heavy atom. The van der Waals surface area contributed by atoms with Gasteiger partial charge in [-0.25, -0.2) is 0 Å². The molecule has 0 saturated carbocycles. The third-order valence-corrected chi connectivity index (χ3v) is 4.68. The number of ether oxygens (including phenoxy) is 4. The largest absolute Gasteiger partial charge is 0.490 e. The standard InChI is InChI=1S/C23H29NO5/c1-3-24(17-18-9-7-12-21-23(18)29-16-15-28-21)22(25)13-8-14-27-20-11-6-5-10-19(20)26-4-2/h5-7,9-12H,3-4,8,13-17H2,1-2H3. The molecular weight excluding hydrogens is 370 g/mol. The maximum Gasteiger partial charge on any atom is 0.222 e. The minimum Gasteiger partial charge on any atom is -0.490 e. The number of para-hydroxylation sites is 3. The van der Waals surface area contributed by atoms with E-state index in [1.807, 2.05) is 61.2 Å². The zero-order valence-corrected chi connectivity index (χ0v) is 17.2. The molecule has 0 bridgehead atoms. The third-order valence-electron chi connectivity index (χ3n) is 4.68. The molecule has 156 valence electrons. The first-order valence-corrected chi connectivity index (χ1v) is 10.2. The van der Waals surface area contributed by atoms with Crippen LogP contribution in [-0.4, -0.2) is 43.8 Å². The lowest BCUT2D eigenvalue weighted by atomic mass is 10.1. The van der Waals surface area contributed by atoms with Gasteiger partial charge < -0.3 is 23.8 Å². The molecule has 0 fully saturated rings. The van der Waals surface area contributed by atoms with Crippen molar-refractivity contribution in [3.63, 3.8) is 0 Å². The summed E-state index contributed by atoms with van der Waals surface area (Å²) in [5.74, 6) is 3.04. The fourth-order valence-corrected chi connectivity index (χ4v) is 3.25. The lowest BCUT2D eigenvalue weighted by molar-refractivity contribution is -0.131. The number of carbonyl (C=O) groups excluding carboxylic acids is 1. The van der Waals surface area contributed by atoms with Crippen LogP contribution in [0.3, 0.4) is 0 Å². The van der Waals surface area contributed by atoms with Crippen LogP contribution >= 0.6 is 0 Å². The van der Waals surface area contributed by atoms with E-state index in [0.29, 0.717) is 58.1 Å². The van der Waals surface area contributed by atoms with Crippen LogP contribution in [0.4, 0.5) is 0 Å². The smallest absolute Gasteiger partial charge is 0.222 e. The van der Waals surface area contributed by atoms with Crippen LogP contribution in [0.15, 0.2) is 42.5 Å². The second kappa shape index (κ2) is 10.6. The van der Waals surface area contributed by atoms with Crippen molar-refractivity contribution in [2.75, 3.05) is 33.0 Å². The molecular formula is C23H29NO5. The minimum atomic E-state index is 0.100.